The molecule has 0 saturated heterocycles. The van der Waals surface area contributed by atoms with Gasteiger partial charge in [-0.2, -0.15) is 0 Å². The minimum absolute atomic E-state index is 0.125. The van der Waals surface area contributed by atoms with Crippen molar-refractivity contribution in [2.45, 2.75) is 44.7 Å². The van der Waals surface area contributed by atoms with Crippen LogP contribution in [0, 0.1) is 5.92 Å². The van der Waals surface area contributed by atoms with E-state index in [1.807, 2.05) is 37.3 Å². The lowest BCUT2D eigenvalue weighted by Crippen LogP contribution is -2.46. The van der Waals surface area contributed by atoms with Crippen LogP contribution in [0.25, 0.3) is 0 Å². The highest BCUT2D eigenvalue weighted by Crippen LogP contribution is 2.29. The number of carboxylic acid groups (broad SMARTS) is 1. The molecule has 5 nitrogen and oxygen atoms in total. The van der Waals surface area contributed by atoms with Gasteiger partial charge in [-0.1, -0.05) is 36.8 Å². The quantitative estimate of drug-likeness (QED) is 0.753. The van der Waals surface area contributed by atoms with Crippen molar-refractivity contribution < 1.29 is 14.7 Å². The lowest BCUT2D eigenvalue weighted by molar-refractivity contribution is -0.137. The van der Waals surface area contributed by atoms with Gasteiger partial charge in [-0.15, -0.1) is 0 Å². The number of aliphatic carboxylic acids is 1. The van der Waals surface area contributed by atoms with Crippen LogP contribution in [0.1, 0.15) is 44.2 Å². The highest BCUT2D eigenvalue weighted by atomic mass is 16.4. The van der Waals surface area contributed by atoms with Crippen molar-refractivity contribution in [2.75, 3.05) is 0 Å². The molecule has 114 valence electrons. The number of nitrogens with one attached hydrogen (secondary N) is 2. The Hall–Kier alpha value is -2.04. The first kappa shape index (κ1) is 15.4. The maximum absolute atomic E-state index is 12.0. The number of carboxylic acids is 1. The van der Waals surface area contributed by atoms with E-state index in [1.165, 1.54) is 6.42 Å². The normalized spacial score (nSPS) is 17.4. The number of carbonyl (C=O) groups is 2. The predicted octanol–water partition coefficient (Wildman–Crippen LogP) is 2.69. The number of hydrogen-bond acceptors (Lipinski definition) is 2. The van der Waals surface area contributed by atoms with Crippen LogP contribution >= 0.6 is 0 Å². The first-order chi connectivity index (χ1) is 10.1. The summed E-state index contributed by atoms with van der Waals surface area (Å²) in [6.07, 6.45) is 3.40. The molecule has 0 aliphatic heterocycles. The lowest BCUT2D eigenvalue weighted by atomic mass is 9.80. The average Bonchev–Trinajstić information content (AvgIpc) is 2.36. The van der Waals surface area contributed by atoms with Gasteiger partial charge < -0.3 is 15.7 Å². The maximum Gasteiger partial charge on any atom is 0.315 e. The maximum atomic E-state index is 12.0. The summed E-state index contributed by atoms with van der Waals surface area (Å²) in [5, 5.41) is 14.7. The van der Waals surface area contributed by atoms with E-state index in [9.17, 15) is 9.59 Å². The molecule has 1 fully saturated rings. The Morgan fingerprint density at radius 2 is 1.90 bits per heavy atom. The molecule has 0 spiro atoms. The SMILES string of the molecule is CC(NC(=O)NC(CC(=O)O)c1ccccc1)C1CCC1. The second-order valence-corrected chi connectivity index (χ2v) is 5.66. The molecule has 1 saturated carbocycles. The third kappa shape index (κ3) is 4.48. The third-order valence-electron chi connectivity index (χ3n) is 4.10. The highest BCUT2D eigenvalue weighted by Gasteiger charge is 2.26. The van der Waals surface area contributed by atoms with Gasteiger partial charge in [-0.3, -0.25) is 4.79 Å². The number of carbonyl (C=O) groups excluding carboxylic acids is 1. The van der Waals surface area contributed by atoms with Crippen molar-refractivity contribution in [3.8, 4) is 0 Å². The minimum Gasteiger partial charge on any atom is -0.481 e. The molecule has 1 aliphatic rings. The molecular weight excluding hydrogens is 268 g/mol. The van der Waals surface area contributed by atoms with Gasteiger partial charge in [-0.05, 0) is 31.2 Å². The van der Waals surface area contributed by atoms with E-state index in [2.05, 4.69) is 10.6 Å². The highest BCUT2D eigenvalue weighted by molar-refractivity contribution is 5.76. The van der Waals surface area contributed by atoms with Gasteiger partial charge >= 0.3 is 12.0 Å². The number of rotatable bonds is 6. The zero-order valence-electron chi connectivity index (χ0n) is 12.2. The molecular formula is C16H22N2O3. The van der Waals surface area contributed by atoms with Crippen molar-refractivity contribution in [1.29, 1.82) is 0 Å². The molecule has 1 aromatic rings. The number of amides is 2. The van der Waals surface area contributed by atoms with Crippen LogP contribution in [-0.2, 0) is 4.79 Å². The molecule has 0 radical (unpaired) electrons. The summed E-state index contributed by atoms with van der Waals surface area (Å²) in [6, 6.07) is 8.48. The Morgan fingerprint density at radius 1 is 1.24 bits per heavy atom. The van der Waals surface area contributed by atoms with Gasteiger partial charge in [0, 0.05) is 6.04 Å². The average molecular weight is 290 g/mol. The van der Waals surface area contributed by atoms with Gasteiger partial charge in [0.15, 0.2) is 0 Å². The van der Waals surface area contributed by atoms with E-state index in [4.69, 9.17) is 5.11 Å². The standard InChI is InChI=1S/C16H22N2O3/c1-11(12-8-5-9-12)17-16(21)18-14(10-15(19)20)13-6-3-2-4-7-13/h2-4,6-7,11-12,14H,5,8-10H2,1H3,(H,19,20)(H2,17,18,21). The summed E-state index contributed by atoms with van der Waals surface area (Å²) in [4.78, 5) is 23.0. The third-order valence-corrected chi connectivity index (χ3v) is 4.10. The van der Waals surface area contributed by atoms with Crippen molar-refractivity contribution in [3.05, 3.63) is 35.9 Å². The van der Waals surface area contributed by atoms with Crippen LogP contribution in [-0.4, -0.2) is 23.1 Å². The fourth-order valence-electron chi connectivity index (χ4n) is 2.58. The van der Waals surface area contributed by atoms with Crippen LogP contribution in [0.15, 0.2) is 30.3 Å². The molecule has 2 rings (SSSR count). The van der Waals surface area contributed by atoms with Crippen LogP contribution in [0.3, 0.4) is 0 Å². The van der Waals surface area contributed by atoms with E-state index in [-0.39, 0.29) is 18.5 Å². The first-order valence-electron chi connectivity index (χ1n) is 7.40. The summed E-state index contributed by atoms with van der Waals surface area (Å²) >= 11 is 0. The molecule has 2 amide bonds. The van der Waals surface area contributed by atoms with Crippen molar-refractivity contribution in [1.82, 2.24) is 10.6 Å². The van der Waals surface area contributed by atoms with Crippen LogP contribution in [0.5, 0.6) is 0 Å². The van der Waals surface area contributed by atoms with Crippen LogP contribution < -0.4 is 10.6 Å². The molecule has 1 aliphatic carbocycles. The molecule has 3 N–H and O–H groups in total. The minimum atomic E-state index is -0.934. The Bertz CT molecular complexity index is 486. The van der Waals surface area contributed by atoms with Gasteiger partial charge in [0.1, 0.15) is 0 Å². The second kappa shape index (κ2) is 7.11. The fourth-order valence-corrected chi connectivity index (χ4v) is 2.58. The lowest BCUT2D eigenvalue weighted by Gasteiger charge is -2.32. The van der Waals surface area contributed by atoms with E-state index in [1.54, 1.807) is 0 Å². The predicted molar refractivity (Wildman–Crippen MR) is 79.9 cm³/mol. The monoisotopic (exact) mass is 290 g/mol. The molecule has 21 heavy (non-hydrogen) atoms. The van der Waals surface area contributed by atoms with E-state index in [0.29, 0.717) is 5.92 Å². The summed E-state index contributed by atoms with van der Waals surface area (Å²) < 4.78 is 0. The smallest absolute Gasteiger partial charge is 0.315 e. The van der Waals surface area contributed by atoms with Crippen LogP contribution in [0.4, 0.5) is 4.79 Å². The zero-order chi connectivity index (χ0) is 15.2. The van der Waals surface area contributed by atoms with Gasteiger partial charge in [0.25, 0.3) is 0 Å². The topological polar surface area (TPSA) is 78.4 Å². The Labute approximate surface area is 124 Å². The van der Waals surface area contributed by atoms with Crippen LogP contribution in [0.2, 0.25) is 0 Å². The number of benzene rings is 1. The van der Waals surface area contributed by atoms with Gasteiger partial charge in [0.2, 0.25) is 0 Å². The van der Waals surface area contributed by atoms with Crippen molar-refractivity contribution >= 4 is 12.0 Å². The number of urea groups is 1. The van der Waals surface area contributed by atoms with E-state index >= 15 is 0 Å². The van der Waals surface area contributed by atoms with Gasteiger partial charge in [-0.25, -0.2) is 4.79 Å². The van der Waals surface area contributed by atoms with Crippen molar-refractivity contribution in [2.24, 2.45) is 5.92 Å². The van der Waals surface area contributed by atoms with Gasteiger partial charge in [0.05, 0.1) is 12.5 Å². The Morgan fingerprint density at radius 3 is 2.43 bits per heavy atom. The molecule has 5 heteroatoms. The summed E-state index contributed by atoms with van der Waals surface area (Å²) in [6.45, 7) is 2.00. The molecule has 2 atom stereocenters. The largest absolute Gasteiger partial charge is 0.481 e. The molecule has 0 bridgehead atoms. The van der Waals surface area contributed by atoms with E-state index in [0.717, 1.165) is 18.4 Å². The Balaban J connectivity index is 1.94. The summed E-state index contributed by atoms with van der Waals surface area (Å²) in [5.74, 6) is -0.387. The molecule has 0 aromatic heterocycles. The van der Waals surface area contributed by atoms with Crippen molar-refractivity contribution in [3.63, 3.8) is 0 Å². The second-order valence-electron chi connectivity index (χ2n) is 5.66. The molecule has 1 aromatic carbocycles. The first-order valence-corrected chi connectivity index (χ1v) is 7.40. The Kier molecular flexibility index (Phi) is 5.20. The van der Waals surface area contributed by atoms with E-state index < -0.39 is 12.0 Å². The molecule has 0 heterocycles. The number of hydrogen-bond donors (Lipinski definition) is 3. The summed E-state index contributed by atoms with van der Waals surface area (Å²) in [5.41, 5.74) is 0.798. The zero-order valence-corrected chi connectivity index (χ0v) is 12.2. The molecule has 2 unspecified atom stereocenters. The summed E-state index contributed by atoms with van der Waals surface area (Å²) in [7, 11) is 0. The fraction of sp³-hybridized carbons (Fsp3) is 0.500.